The predicted molar refractivity (Wildman–Crippen MR) is 78.0 cm³/mol. The van der Waals surface area contributed by atoms with Crippen LogP contribution in [0.5, 0.6) is 5.75 Å². The zero-order valence-corrected chi connectivity index (χ0v) is 12.0. The number of hydrogen-bond donors (Lipinski definition) is 1. The minimum atomic E-state index is 0.104. The summed E-state index contributed by atoms with van der Waals surface area (Å²) in [5.41, 5.74) is 1.56. The van der Waals surface area contributed by atoms with E-state index in [0.29, 0.717) is 11.6 Å². The van der Waals surface area contributed by atoms with Crippen molar-refractivity contribution in [1.29, 1.82) is 0 Å². The van der Waals surface area contributed by atoms with Crippen molar-refractivity contribution in [2.45, 2.75) is 32.2 Å². The highest BCUT2D eigenvalue weighted by atomic mass is 16.3. The lowest BCUT2D eigenvalue weighted by atomic mass is 9.98. The number of carbonyl (C=O) groups excluding carboxylic acids is 1. The second-order valence-electron chi connectivity index (χ2n) is 5.94. The molecule has 3 rings (SSSR count). The lowest BCUT2D eigenvalue weighted by Crippen LogP contribution is -2.56. The van der Waals surface area contributed by atoms with Crippen molar-refractivity contribution in [3.8, 4) is 5.75 Å². The fraction of sp³-hybridized carbons (Fsp3) is 0.562. The van der Waals surface area contributed by atoms with Crippen LogP contribution in [-0.4, -0.2) is 53.0 Å². The van der Waals surface area contributed by atoms with Crippen LogP contribution in [0, 0.1) is 6.92 Å². The molecule has 1 amide bonds. The number of aromatic hydroxyl groups is 1. The van der Waals surface area contributed by atoms with Crippen LogP contribution >= 0.6 is 0 Å². The quantitative estimate of drug-likeness (QED) is 0.852. The average Bonchev–Trinajstić information content (AvgIpc) is 2.46. The van der Waals surface area contributed by atoms with Gasteiger partial charge >= 0.3 is 0 Å². The lowest BCUT2D eigenvalue weighted by molar-refractivity contribution is 0.0372. The summed E-state index contributed by atoms with van der Waals surface area (Å²) in [4.78, 5) is 17.1. The van der Waals surface area contributed by atoms with E-state index in [1.807, 2.05) is 11.8 Å². The number of benzene rings is 1. The number of rotatable bonds is 1. The molecule has 4 heteroatoms. The third kappa shape index (κ3) is 2.52. The van der Waals surface area contributed by atoms with E-state index in [-0.39, 0.29) is 11.7 Å². The highest BCUT2D eigenvalue weighted by Gasteiger charge is 2.31. The SMILES string of the molecule is Cc1cc(O)ccc1C(=O)N1CCN2CCCCC2C1. The lowest BCUT2D eigenvalue weighted by Gasteiger charge is -2.44. The van der Waals surface area contributed by atoms with Gasteiger partial charge in [0.05, 0.1) is 0 Å². The smallest absolute Gasteiger partial charge is 0.254 e. The summed E-state index contributed by atoms with van der Waals surface area (Å²) >= 11 is 0. The molecule has 1 unspecified atom stereocenters. The summed E-state index contributed by atoms with van der Waals surface area (Å²) < 4.78 is 0. The molecule has 20 heavy (non-hydrogen) atoms. The zero-order chi connectivity index (χ0) is 14.1. The molecule has 4 nitrogen and oxygen atoms in total. The summed E-state index contributed by atoms with van der Waals surface area (Å²) in [7, 11) is 0. The van der Waals surface area contributed by atoms with Gasteiger partial charge in [-0.3, -0.25) is 9.69 Å². The maximum absolute atomic E-state index is 12.6. The Labute approximate surface area is 120 Å². The van der Waals surface area contributed by atoms with Crippen LogP contribution in [0.15, 0.2) is 18.2 Å². The fourth-order valence-corrected chi connectivity index (χ4v) is 3.40. The van der Waals surface area contributed by atoms with Crippen molar-refractivity contribution < 1.29 is 9.90 Å². The molecule has 2 fully saturated rings. The molecule has 2 aliphatic rings. The molecule has 2 aliphatic heterocycles. The largest absolute Gasteiger partial charge is 0.508 e. The molecular weight excluding hydrogens is 252 g/mol. The summed E-state index contributed by atoms with van der Waals surface area (Å²) in [5, 5.41) is 9.45. The highest BCUT2D eigenvalue weighted by Crippen LogP contribution is 2.23. The molecule has 0 radical (unpaired) electrons. The predicted octanol–water partition coefficient (Wildman–Crippen LogP) is 2.01. The van der Waals surface area contributed by atoms with Crippen LogP contribution in [0.25, 0.3) is 0 Å². The van der Waals surface area contributed by atoms with Gasteiger partial charge in [0.25, 0.3) is 5.91 Å². The van der Waals surface area contributed by atoms with Gasteiger partial charge in [-0.05, 0) is 50.1 Å². The van der Waals surface area contributed by atoms with E-state index in [9.17, 15) is 9.90 Å². The molecule has 1 N–H and O–H groups in total. The van der Waals surface area contributed by atoms with Gasteiger partial charge in [-0.2, -0.15) is 0 Å². The van der Waals surface area contributed by atoms with Crippen LogP contribution in [-0.2, 0) is 0 Å². The van der Waals surface area contributed by atoms with Gasteiger partial charge in [0.1, 0.15) is 5.75 Å². The summed E-state index contributed by atoms with van der Waals surface area (Å²) in [6.45, 7) is 5.72. The van der Waals surface area contributed by atoms with Crippen LogP contribution in [0.2, 0.25) is 0 Å². The molecule has 0 aromatic heterocycles. The fourth-order valence-electron chi connectivity index (χ4n) is 3.40. The second kappa shape index (κ2) is 5.44. The van der Waals surface area contributed by atoms with Gasteiger partial charge < -0.3 is 10.0 Å². The first kappa shape index (κ1) is 13.4. The summed E-state index contributed by atoms with van der Waals surface area (Å²) in [5.74, 6) is 0.323. The zero-order valence-electron chi connectivity index (χ0n) is 12.0. The van der Waals surface area contributed by atoms with E-state index in [0.717, 1.165) is 25.2 Å². The number of phenols is 1. The Morgan fingerprint density at radius 1 is 1.25 bits per heavy atom. The Hall–Kier alpha value is -1.55. The van der Waals surface area contributed by atoms with Gasteiger partial charge in [-0.15, -0.1) is 0 Å². The van der Waals surface area contributed by atoms with E-state index >= 15 is 0 Å². The molecule has 0 aliphatic carbocycles. The first-order chi connectivity index (χ1) is 9.65. The standard InChI is InChI=1S/C16H22N2O2/c1-12-10-14(19)5-6-15(12)16(20)18-9-8-17-7-3-2-4-13(17)11-18/h5-6,10,13,19H,2-4,7-9,11H2,1H3. The third-order valence-corrected chi connectivity index (χ3v) is 4.56. The molecule has 0 saturated carbocycles. The van der Waals surface area contributed by atoms with Crippen LogP contribution in [0.1, 0.15) is 35.2 Å². The Morgan fingerprint density at radius 3 is 2.90 bits per heavy atom. The van der Waals surface area contributed by atoms with E-state index in [1.54, 1.807) is 18.2 Å². The minimum Gasteiger partial charge on any atom is -0.508 e. The average molecular weight is 274 g/mol. The highest BCUT2D eigenvalue weighted by molar-refractivity contribution is 5.95. The van der Waals surface area contributed by atoms with Gasteiger partial charge in [0, 0.05) is 31.2 Å². The minimum absolute atomic E-state index is 0.104. The molecule has 2 saturated heterocycles. The number of phenolic OH excluding ortho intramolecular Hbond substituents is 1. The molecule has 108 valence electrons. The van der Waals surface area contributed by atoms with Crippen LogP contribution < -0.4 is 0 Å². The van der Waals surface area contributed by atoms with E-state index in [2.05, 4.69) is 4.90 Å². The van der Waals surface area contributed by atoms with Gasteiger partial charge in [0.15, 0.2) is 0 Å². The van der Waals surface area contributed by atoms with Crippen molar-refractivity contribution in [1.82, 2.24) is 9.80 Å². The summed E-state index contributed by atoms with van der Waals surface area (Å²) in [6, 6.07) is 5.53. The van der Waals surface area contributed by atoms with Crippen molar-refractivity contribution in [2.75, 3.05) is 26.2 Å². The third-order valence-electron chi connectivity index (χ3n) is 4.56. The molecular formula is C16H22N2O2. The second-order valence-corrected chi connectivity index (χ2v) is 5.94. The van der Waals surface area contributed by atoms with E-state index in [1.165, 1.54) is 25.8 Å². The number of carbonyl (C=O) groups is 1. The molecule has 0 spiro atoms. The van der Waals surface area contributed by atoms with Crippen molar-refractivity contribution >= 4 is 5.91 Å². The Bertz CT molecular complexity index is 515. The topological polar surface area (TPSA) is 43.8 Å². The molecule has 1 atom stereocenters. The number of nitrogens with zero attached hydrogens (tertiary/aromatic N) is 2. The Kier molecular flexibility index (Phi) is 3.66. The van der Waals surface area contributed by atoms with Crippen LogP contribution in [0.4, 0.5) is 0 Å². The normalized spacial score (nSPS) is 23.4. The number of piperidine rings is 1. The number of aryl methyl sites for hydroxylation is 1. The molecule has 1 aromatic carbocycles. The number of piperazine rings is 1. The van der Waals surface area contributed by atoms with Crippen molar-refractivity contribution in [2.24, 2.45) is 0 Å². The van der Waals surface area contributed by atoms with E-state index < -0.39 is 0 Å². The van der Waals surface area contributed by atoms with Gasteiger partial charge in [-0.25, -0.2) is 0 Å². The molecule has 2 heterocycles. The van der Waals surface area contributed by atoms with Gasteiger partial charge in [-0.1, -0.05) is 6.42 Å². The van der Waals surface area contributed by atoms with Crippen molar-refractivity contribution in [3.63, 3.8) is 0 Å². The number of amides is 1. The first-order valence-corrected chi connectivity index (χ1v) is 7.48. The monoisotopic (exact) mass is 274 g/mol. The number of hydrogen-bond acceptors (Lipinski definition) is 3. The maximum Gasteiger partial charge on any atom is 0.254 e. The van der Waals surface area contributed by atoms with Crippen LogP contribution in [0.3, 0.4) is 0 Å². The first-order valence-electron chi connectivity index (χ1n) is 7.48. The molecule has 1 aromatic rings. The number of fused-ring (bicyclic) bond motifs is 1. The Morgan fingerprint density at radius 2 is 2.10 bits per heavy atom. The molecule has 0 bridgehead atoms. The van der Waals surface area contributed by atoms with Gasteiger partial charge in [0.2, 0.25) is 0 Å². The van der Waals surface area contributed by atoms with Crippen molar-refractivity contribution in [3.05, 3.63) is 29.3 Å². The Balaban J connectivity index is 1.74. The maximum atomic E-state index is 12.6. The van der Waals surface area contributed by atoms with E-state index in [4.69, 9.17) is 0 Å². The summed E-state index contributed by atoms with van der Waals surface area (Å²) in [6.07, 6.45) is 3.78.